The van der Waals surface area contributed by atoms with E-state index in [1.807, 2.05) is 38.1 Å². The Morgan fingerprint density at radius 2 is 1.82 bits per heavy atom. The number of aryl methyl sites for hydroxylation is 2. The molecular weight excluding hydrogens is 538 g/mol. The van der Waals surface area contributed by atoms with Crippen LogP contribution in [0, 0.1) is 19.8 Å². The summed E-state index contributed by atoms with van der Waals surface area (Å²) in [6.07, 6.45) is 4.94. The molecule has 0 radical (unpaired) electrons. The van der Waals surface area contributed by atoms with Gasteiger partial charge < -0.3 is 14.2 Å². The lowest BCUT2D eigenvalue weighted by Crippen LogP contribution is -2.48. The van der Waals surface area contributed by atoms with Crippen LogP contribution in [0.1, 0.15) is 48.8 Å². The van der Waals surface area contributed by atoms with Crippen LogP contribution in [0.3, 0.4) is 0 Å². The largest absolute Gasteiger partial charge is 0.486 e. The molecule has 2 aromatic carbocycles. The Hall–Kier alpha value is -3.14. The summed E-state index contributed by atoms with van der Waals surface area (Å²) in [5, 5.41) is 4.47. The number of nitrogens with zero attached hydrogens (tertiary/aromatic N) is 3. The average Bonchev–Trinajstić information content (AvgIpc) is 3.32. The number of anilines is 1. The van der Waals surface area contributed by atoms with Crippen molar-refractivity contribution in [3.63, 3.8) is 0 Å². The number of ether oxygens (including phenoxy) is 1. The maximum Gasteiger partial charge on any atom is 0.248 e. The average molecular weight is 570 g/mol. The molecule has 3 heterocycles. The first-order valence-corrected chi connectivity index (χ1v) is 15.0. The number of piperidine rings is 1. The topological polar surface area (TPSA) is 93.0 Å². The van der Waals surface area contributed by atoms with E-state index in [1.54, 1.807) is 42.2 Å². The molecule has 2 aliphatic heterocycles. The molecule has 0 N–H and O–H groups in total. The van der Waals surface area contributed by atoms with Crippen molar-refractivity contribution in [2.75, 3.05) is 24.5 Å². The van der Waals surface area contributed by atoms with Crippen LogP contribution in [-0.2, 0) is 14.8 Å². The van der Waals surface area contributed by atoms with Gasteiger partial charge in [-0.2, -0.15) is 4.31 Å². The van der Waals surface area contributed by atoms with Crippen LogP contribution in [0.15, 0.2) is 51.9 Å². The molecule has 2 aliphatic rings. The number of hydrogen-bond acceptors (Lipinski definition) is 6. The lowest BCUT2D eigenvalue weighted by molar-refractivity contribution is -0.124. The number of carbonyl (C=O) groups excluding carboxylic acids is 1. The van der Waals surface area contributed by atoms with Gasteiger partial charge in [0.1, 0.15) is 17.5 Å². The summed E-state index contributed by atoms with van der Waals surface area (Å²) in [4.78, 5) is 15.5. The first-order valence-electron chi connectivity index (χ1n) is 13.2. The molecule has 1 aromatic heterocycles. The lowest BCUT2D eigenvalue weighted by Gasteiger charge is -2.38. The maximum atomic E-state index is 13.7. The smallest absolute Gasteiger partial charge is 0.248 e. The minimum Gasteiger partial charge on any atom is -0.486 e. The first kappa shape index (κ1) is 27.4. The van der Waals surface area contributed by atoms with Gasteiger partial charge in [-0.25, -0.2) is 8.42 Å². The fourth-order valence-electron chi connectivity index (χ4n) is 5.08. The number of sulfonamides is 1. The zero-order chi connectivity index (χ0) is 27.7. The number of aromatic nitrogens is 1. The molecule has 0 unspecified atom stereocenters. The predicted octanol–water partition coefficient (Wildman–Crippen LogP) is 5.72. The normalized spacial score (nSPS) is 18.8. The number of halogens is 1. The van der Waals surface area contributed by atoms with Gasteiger partial charge in [0.2, 0.25) is 15.9 Å². The summed E-state index contributed by atoms with van der Waals surface area (Å²) in [7, 11) is -3.87. The summed E-state index contributed by atoms with van der Waals surface area (Å²) in [5.41, 5.74) is 3.04. The molecule has 5 rings (SSSR count). The molecule has 10 heteroatoms. The second kappa shape index (κ2) is 11.2. The van der Waals surface area contributed by atoms with Crippen LogP contribution in [0.25, 0.3) is 12.2 Å². The van der Waals surface area contributed by atoms with Crippen LogP contribution < -0.4 is 9.64 Å². The fourth-order valence-corrected chi connectivity index (χ4v) is 6.97. The van der Waals surface area contributed by atoms with Gasteiger partial charge in [0.05, 0.1) is 12.2 Å². The van der Waals surface area contributed by atoms with Crippen molar-refractivity contribution in [2.45, 2.75) is 51.0 Å². The van der Waals surface area contributed by atoms with E-state index in [2.05, 4.69) is 5.16 Å². The molecule has 39 heavy (non-hydrogen) atoms. The Morgan fingerprint density at radius 1 is 1.10 bits per heavy atom. The predicted molar refractivity (Wildman–Crippen MR) is 151 cm³/mol. The second-order valence-electron chi connectivity index (χ2n) is 10.1. The van der Waals surface area contributed by atoms with Gasteiger partial charge in [0.25, 0.3) is 0 Å². The number of carbonyl (C=O) groups is 1. The van der Waals surface area contributed by atoms with E-state index in [4.69, 9.17) is 20.9 Å². The van der Waals surface area contributed by atoms with Crippen LogP contribution in [0.5, 0.6) is 5.75 Å². The highest BCUT2D eigenvalue weighted by Crippen LogP contribution is 2.38. The Morgan fingerprint density at radius 3 is 2.51 bits per heavy atom. The first-order chi connectivity index (χ1) is 18.7. The Bertz CT molecular complexity index is 1490. The molecule has 0 saturated carbocycles. The van der Waals surface area contributed by atoms with Crippen molar-refractivity contribution < 1.29 is 22.5 Å². The number of amides is 1. The standard InChI is InChI=1S/C29H32ClN3O5S/c1-4-24-18-33(25-17-23(30)10-12-26(25)37-24)29(34)22-13-15-32(16-14-22)39(35,36)28-20(3)31-38-27(28)11-9-21-7-5-19(2)6-8-21/h5-12,17,22,24H,4,13-16,18H2,1-3H3/b11-9+/t24-/m0/s1. The molecule has 0 aliphatic carbocycles. The Balaban J connectivity index is 1.31. The van der Waals surface area contributed by atoms with E-state index in [0.717, 1.165) is 17.5 Å². The number of rotatable bonds is 6. The minimum absolute atomic E-state index is 0.0276. The van der Waals surface area contributed by atoms with Gasteiger partial charge >= 0.3 is 0 Å². The molecule has 1 amide bonds. The van der Waals surface area contributed by atoms with Gasteiger partial charge in [-0.1, -0.05) is 59.6 Å². The van der Waals surface area contributed by atoms with Crippen molar-refractivity contribution in [2.24, 2.45) is 5.92 Å². The molecular formula is C29H32ClN3O5S. The molecule has 8 nitrogen and oxygen atoms in total. The molecule has 0 spiro atoms. The highest BCUT2D eigenvalue weighted by molar-refractivity contribution is 7.89. The number of hydrogen-bond donors (Lipinski definition) is 0. The van der Waals surface area contributed by atoms with E-state index >= 15 is 0 Å². The summed E-state index contributed by atoms with van der Waals surface area (Å²) >= 11 is 6.23. The highest BCUT2D eigenvalue weighted by atomic mass is 35.5. The maximum absolute atomic E-state index is 13.7. The fraction of sp³-hybridized carbons (Fsp3) is 0.379. The van der Waals surface area contributed by atoms with Crippen molar-refractivity contribution in [1.29, 1.82) is 0 Å². The summed E-state index contributed by atoms with van der Waals surface area (Å²) < 4.78 is 40.2. The Kier molecular flexibility index (Phi) is 7.84. The van der Waals surface area contributed by atoms with Gasteiger partial charge in [-0.15, -0.1) is 0 Å². The SMILES string of the molecule is CC[C@H]1CN(C(=O)C2CCN(S(=O)(=O)c3c(C)noc3/C=C/c3ccc(C)cc3)CC2)c2cc(Cl)ccc2O1. The van der Waals surface area contributed by atoms with Crippen LogP contribution in [0.2, 0.25) is 5.02 Å². The third-order valence-electron chi connectivity index (χ3n) is 7.35. The third kappa shape index (κ3) is 5.62. The molecule has 206 valence electrons. The van der Waals surface area contributed by atoms with Gasteiger partial charge in [-0.05, 0) is 62.9 Å². The number of fused-ring (bicyclic) bond motifs is 1. The molecule has 1 atom stereocenters. The molecule has 1 fully saturated rings. The van der Waals surface area contributed by atoms with Gasteiger partial charge in [0, 0.05) is 24.0 Å². The quantitative estimate of drug-likeness (QED) is 0.377. The zero-order valence-electron chi connectivity index (χ0n) is 22.3. The third-order valence-corrected chi connectivity index (χ3v) is 9.64. The minimum atomic E-state index is -3.87. The van der Waals surface area contributed by atoms with Gasteiger partial charge in [-0.3, -0.25) is 4.79 Å². The lowest BCUT2D eigenvalue weighted by atomic mass is 9.95. The monoisotopic (exact) mass is 569 g/mol. The van der Waals surface area contributed by atoms with Crippen molar-refractivity contribution >= 4 is 45.4 Å². The van der Waals surface area contributed by atoms with Crippen molar-refractivity contribution in [3.05, 3.63) is 70.1 Å². The van der Waals surface area contributed by atoms with E-state index in [0.29, 0.717) is 41.5 Å². The highest BCUT2D eigenvalue weighted by Gasteiger charge is 2.39. The van der Waals surface area contributed by atoms with E-state index < -0.39 is 10.0 Å². The summed E-state index contributed by atoms with van der Waals surface area (Å²) in [5.74, 6) is 0.502. The summed E-state index contributed by atoms with van der Waals surface area (Å²) in [6, 6.07) is 13.2. The molecule has 3 aromatic rings. The van der Waals surface area contributed by atoms with Gasteiger partial charge in [0.15, 0.2) is 10.7 Å². The van der Waals surface area contributed by atoms with Crippen molar-refractivity contribution in [3.8, 4) is 5.75 Å². The second-order valence-corrected chi connectivity index (χ2v) is 12.4. The van der Waals surface area contributed by atoms with Crippen LogP contribution in [0.4, 0.5) is 5.69 Å². The summed E-state index contributed by atoms with van der Waals surface area (Å²) in [6.45, 7) is 6.56. The van der Waals surface area contributed by atoms with Crippen LogP contribution in [-0.4, -0.2) is 49.5 Å². The van der Waals surface area contributed by atoms with E-state index in [-0.39, 0.29) is 41.7 Å². The van der Waals surface area contributed by atoms with E-state index in [9.17, 15) is 13.2 Å². The Labute approximate surface area is 234 Å². The molecule has 0 bridgehead atoms. The van der Waals surface area contributed by atoms with Crippen molar-refractivity contribution in [1.82, 2.24) is 9.46 Å². The number of benzene rings is 2. The molecule has 1 saturated heterocycles. The zero-order valence-corrected chi connectivity index (χ0v) is 23.8. The van der Waals surface area contributed by atoms with E-state index in [1.165, 1.54) is 4.31 Å². The van der Waals surface area contributed by atoms with Crippen LogP contribution >= 0.6 is 11.6 Å².